The molecule has 3 aromatic rings. The number of carbonyl (C=O) groups is 1. The van der Waals surface area contributed by atoms with Crippen molar-refractivity contribution in [1.29, 1.82) is 5.26 Å². The third kappa shape index (κ3) is 3.06. The lowest BCUT2D eigenvalue weighted by molar-refractivity contribution is 0.0778. The van der Waals surface area contributed by atoms with E-state index in [1.807, 2.05) is 26.8 Å². The topological polar surface area (TPSA) is 96.2 Å². The van der Waals surface area contributed by atoms with Crippen LogP contribution in [-0.4, -0.2) is 34.0 Å². The molecule has 0 saturated heterocycles. The van der Waals surface area contributed by atoms with Gasteiger partial charge in [0.15, 0.2) is 0 Å². The van der Waals surface area contributed by atoms with E-state index in [0.29, 0.717) is 40.4 Å². The molecule has 7 heteroatoms. The van der Waals surface area contributed by atoms with Crippen molar-refractivity contribution >= 4 is 17.0 Å². The molecule has 3 aromatic heterocycles. The van der Waals surface area contributed by atoms with Gasteiger partial charge in [-0.15, -0.1) is 0 Å². The minimum atomic E-state index is -0.230. The Labute approximate surface area is 151 Å². The van der Waals surface area contributed by atoms with E-state index in [1.54, 1.807) is 13.0 Å². The van der Waals surface area contributed by atoms with Crippen molar-refractivity contribution in [1.82, 2.24) is 15.0 Å². The van der Waals surface area contributed by atoms with Crippen LogP contribution >= 0.6 is 0 Å². The fraction of sp³-hybridized carbons (Fsp3) is 0.368. The van der Waals surface area contributed by atoms with Crippen LogP contribution in [0.2, 0.25) is 0 Å². The number of nitriles is 1. The Balaban J connectivity index is 2.19. The van der Waals surface area contributed by atoms with Crippen LogP contribution in [-0.2, 0) is 0 Å². The zero-order valence-electron chi connectivity index (χ0n) is 15.3. The lowest BCUT2D eigenvalue weighted by Gasteiger charge is -2.19. The molecule has 0 aliphatic heterocycles. The van der Waals surface area contributed by atoms with Crippen LogP contribution in [0.15, 0.2) is 21.1 Å². The highest BCUT2D eigenvalue weighted by Crippen LogP contribution is 2.31. The Hall–Kier alpha value is -3.14. The first-order valence-electron chi connectivity index (χ1n) is 8.46. The molecule has 0 aliphatic carbocycles. The first-order chi connectivity index (χ1) is 12.5. The Morgan fingerprint density at radius 3 is 2.69 bits per heavy atom. The number of amides is 1. The van der Waals surface area contributed by atoms with E-state index in [2.05, 4.69) is 16.2 Å². The molecule has 0 atom stereocenters. The normalized spacial score (nSPS) is 10.9. The molecule has 0 N–H and O–H groups in total. The van der Waals surface area contributed by atoms with Crippen molar-refractivity contribution in [3.05, 3.63) is 34.9 Å². The summed E-state index contributed by atoms with van der Waals surface area (Å²) in [6.07, 6.45) is 0.761. The van der Waals surface area contributed by atoms with Crippen molar-refractivity contribution in [2.24, 2.45) is 0 Å². The largest absolute Gasteiger partial charge is 0.466 e. The van der Waals surface area contributed by atoms with Gasteiger partial charge < -0.3 is 13.8 Å². The summed E-state index contributed by atoms with van der Waals surface area (Å²) in [6, 6.07) is 5.66. The van der Waals surface area contributed by atoms with Gasteiger partial charge in [-0.3, -0.25) is 4.79 Å². The zero-order valence-corrected chi connectivity index (χ0v) is 15.3. The van der Waals surface area contributed by atoms with Crippen LogP contribution in [0, 0.1) is 32.1 Å². The van der Waals surface area contributed by atoms with Crippen molar-refractivity contribution < 1.29 is 13.7 Å². The molecule has 0 saturated carbocycles. The summed E-state index contributed by atoms with van der Waals surface area (Å²) in [6.45, 7) is 7.97. The number of pyridine rings is 1. The maximum absolute atomic E-state index is 13.1. The van der Waals surface area contributed by atoms with Gasteiger partial charge in [-0.1, -0.05) is 12.1 Å². The molecular weight excluding hydrogens is 332 g/mol. The second kappa shape index (κ2) is 7.00. The molecule has 1 amide bonds. The van der Waals surface area contributed by atoms with Crippen molar-refractivity contribution in [2.45, 2.75) is 34.1 Å². The van der Waals surface area contributed by atoms with Gasteiger partial charge in [0.1, 0.15) is 18.1 Å². The molecule has 0 spiro atoms. The van der Waals surface area contributed by atoms with E-state index in [4.69, 9.17) is 14.2 Å². The standard InChI is InChI=1S/C19H20N4O3/c1-5-7-23(8-6-20)19(24)15-10-16(14-9-11(2)25-13(14)4)21-18-17(15)12(3)22-26-18/h9-10H,5,7-8H2,1-4H3. The van der Waals surface area contributed by atoms with Crippen LogP contribution in [0.4, 0.5) is 0 Å². The van der Waals surface area contributed by atoms with Gasteiger partial charge in [0.25, 0.3) is 11.6 Å². The lowest BCUT2D eigenvalue weighted by atomic mass is 10.0. The number of carbonyl (C=O) groups excluding carboxylic acids is 1. The quantitative estimate of drug-likeness (QED) is 0.648. The highest BCUT2D eigenvalue weighted by atomic mass is 16.5. The second-order valence-corrected chi connectivity index (χ2v) is 6.21. The molecule has 0 aliphatic rings. The second-order valence-electron chi connectivity index (χ2n) is 6.21. The molecule has 0 aromatic carbocycles. The molecular formula is C19H20N4O3. The maximum Gasteiger partial charge on any atom is 0.259 e. The molecule has 0 bridgehead atoms. The zero-order chi connectivity index (χ0) is 18.8. The van der Waals surface area contributed by atoms with E-state index in [1.165, 1.54) is 4.90 Å². The van der Waals surface area contributed by atoms with Crippen LogP contribution in [0.25, 0.3) is 22.4 Å². The van der Waals surface area contributed by atoms with E-state index in [0.717, 1.165) is 17.7 Å². The average Bonchev–Trinajstić information content (AvgIpc) is 3.15. The van der Waals surface area contributed by atoms with Crippen LogP contribution in [0.3, 0.4) is 0 Å². The SMILES string of the molecule is CCCN(CC#N)C(=O)c1cc(-c2cc(C)oc2C)nc2onc(C)c12. The number of nitrogens with zero attached hydrogens (tertiary/aromatic N) is 4. The summed E-state index contributed by atoms with van der Waals surface area (Å²) in [5.41, 5.74) is 2.71. The van der Waals surface area contributed by atoms with Gasteiger partial charge in [0.2, 0.25) is 0 Å². The van der Waals surface area contributed by atoms with Gasteiger partial charge in [0.05, 0.1) is 28.4 Å². The fourth-order valence-corrected chi connectivity index (χ4v) is 3.06. The molecule has 26 heavy (non-hydrogen) atoms. The predicted octanol–water partition coefficient (Wildman–Crippen LogP) is 3.78. The number of hydrogen-bond donors (Lipinski definition) is 0. The van der Waals surface area contributed by atoms with Gasteiger partial charge in [-0.25, -0.2) is 4.98 Å². The van der Waals surface area contributed by atoms with E-state index < -0.39 is 0 Å². The minimum Gasteiger partial charge on any atom is -0.466 e. The fourth-order valence-electron chi connectivity index (χ4n) is 3.06. The van der Waals surface area contributed by atoms with Crippen LogP contribution in [0.1, 0.15) is 40.9 Å². The molecule has 134 valence electrons. The van der Waals surface area contributed by atoms with E-state index in [9.17, 15) is 4.79 Å². The summed E-state index contributed by atoms with van der Waals surface area (Å²) < 4.78 is 10.9. The monoisotopic (exact) mass is 352 g/mol. The first kappa shape index (κ1) is 17.7. The highest BCUT2D eigenvalue weighted by Gasteiger charge is 2.24. The Morgan fingerprint density at radius 1 is 1.31 bits per heavy atom. The van der Waals surface area contributed by atoms with Gasteiger partial charge >= 0.3 is 0 Å². The smallest absolute Gasteiger partial charge is 0.259 e. The third-order valence-corrected chi connectivity index (χ3v) is 4.21. The van der Waals surface area contributed by atoms with E-state index >= 15 is 0 Å². The number of fused-ring (bicyclic) bond motifs is 1. The minimum absolute atomic E-state index is 0.0278. The molecule has 3 rings (SSSR count). The van der Waals surface area contributed by atoms with Crippen molar-refractivity contribution in [3.63, 3.8) is 0 Å². The number of aryl methyl sites for hydroxylation is 3. The lowest BCUT2D eigenvalue weighted by Crippen LogP contribution is -2.32. The Morgan fingerprint density at radius 2 is 2.08 bits per heavy atom. The maximum atomic E-state index is 13.1. The number of aromatic nitrogens is 2. The summed E-state index contributed by atoms with van der Waals surface area (Å²) in [4.78, 5) is 19.2. The molecule has 7 nitrogen and oxygen atoms in total. The van der Waals surface area contributed by atoms with Gasteiger partial charge in [-0.05, 0) is 39.3 Å². The molecule has 0 fully saturated rings. The predicted molar refractivity (Wildman–Crippen MR) is 95.5 cm³/mol. The van der Waals surface area contributed by atoms with Crippen LogP contribution in [0.5, 0.6) is 0 Å². The highest BCUT2D eigenvalue weighted by molar-refractivity contribution is 6.07. The molecule has 0 radical (unpaired) electrons. The third-order valence-electron chi connectivity index (χ3n) is 4.21. The van der Waals surface area contributed by atoms with Crippen molar-refractivity contribution in [3.8, 4) is 17.3 Å². The first-order valence-corrected chi connectivity index (χ1v) is 8.46. The number of rotatable bonds is 5. The summed E-state index contributed by atoms with van der Waals surface area (Å²) in [5.74, 6) is 1.25. The average molecular weight is 352 g/mol. The number of furan rings is 1. The summed E-state index contributed by atoms with van der Waals surface area (Å²) in [5, 5.41) is 13.6. The summed E-state index contributed by atoms with van der Waals surface area (Å²) in [7, 11) is 0. The Kier molecular flexibility index (Phi) is 4.76. The number of hydrogen-bond acceptors (Lipinski definition) is 6. The molecule has 0 unspecified atom stereocenters. The van der Waals surface area contributed by atoms with E-state index in [-0.39, 0.29) is 12.5 Å². The van der Waals surface area contributed by atoms with Crippen LogP contribution < -0.4 is 0 Å². The van der Waals surface area contributed by atoms with Gasteiger partial charge in [-0.2, -0.15) is 5.26 Å². The summed E-state index contributed by atoms with van der Waals surface area (Å²) >= 11 is 0. The van der Waals surface area contributed by atoms with Gasteiger partial charge in [0, 0.05) is 12.1 Å². The molecule has 3 heterocycles. The Bertz CT molecular complexity index is 1010. The van der Waals surface area contributed by atoms with Crippen molar-refractivity contribution in [2.75, 3.05) is 13.1 Å².